The minimum atomic E-state index is -0.251. The zero-order chi connectivity index (χ0) is 9.14. The van der Waals surface area contributed by atoms with E-state index in [1.54, 1.807) is 18.2 Å². The van der Waals surface area contributed by atoms with E-state index in [0.717, 1.165) is 6.42 Å². The van der Waals surface area contributed by atoms with Crippen molar-refractivity contribution in [3.8, 4) is 0 Å². The maximum absolute atomic E-state index is 13.3. The Labute approximate surface area is 84.9 Å². The van der Waals surface area contributed by atoms with Crippen LogP contribution < -0.4 is 0 Å². The molecule has 0 saturated carbocycles. The van der Waals surface area contributed by atoms with Gasteiger partial charge in [0.25, 0.3) is 0 Å². The van der Waals surface area contributed by atoms with Gasteiger partial charge in [0, 0.05) is 5.56 Å². The number of hydrogen-bond donors (Lipinski definition) is 0. The highest BCUT2D eigenvalue weighted by Crippen LogP contribution is 2.29. The van der Waals surface area contributed by atoms with Crippen LogP contribution in [0.3, 0.4) is 0 Å². The summed E-state index contributed by atoms with van der Waals surface area (Å²) in [5.41, 5.74) is 0.563. The molecule has 1 atom stereocenters. The van der Waals surface area contributed by atoms with Crippen LogP contribution in [0.15, 0.2) is 22.7 Å². The monoisotopic (exact) mass is 250 g/mol. The SMILES string of the molecule is CCC(Cl)c1cccc(Br)c1F. The predicted molar refractivity (Wildman–Crippen MR) is 53.0 cm³/mol. The van der Waals surface area contributed by atoms with Crippen molar-refractivity contribution < 1.29 is 4.39 Å². The molecular formula is C9H9BrClF. The normalized spacial score (nSPS) is 13.0. The molecular weight excluding hydrogens is 242 g/mol. The summed E-state index contributed by atoms with van der Waals surface area (Å²) in [7, 11) is 0. The molecule has 0 aliphatic heterocycles. The summed E-state index contributed by atoms with van der Waals surface area (Å²) in [6.07, 6.45) is 0.731. The Kier molecular flexibility index (Phi) is 3.53. The molecule has 3 heteroatoms. The van der Waals surface area contributed by atoms with E-state index >= 15 is 0 Å². The fraction of sp³-hybridized carbons (Fsp3) is 0.333. The Morgan fingerprint density at radius 1 is 1.58 bits per heavy atom. The minimum Gasteiger partial charge on any atom is -0.205 e. The van der Waals surface area contributed by atoms with E-state index in [2.05, 4.69) is 15.9 Å². The molecule has 0 fully saturated rings. The van der Waals surface area contributed by atoms with Gasteiger partial charge >= 0.3 is 0 Å². The fourth-order valence-corrected chi connectivity index (χ4v) is 1.53. The van der Waals surface area contributed by atoms with E-state index in [1.165, 1.54) is 0 Å². The molecule has 0 aromatic heterocycles. The lowest BCUT2D eigenvalue weighted by Crippen LogP contribution is -1.93. The Bertz CT molecular complexity index is 275. The van der Waals surface area contributed by atoms with Crippen LogP contribution >= 0.6 is 27.5 Å². The van der Waals surface area contributed by atoms with Crippen molar-refractivity contribution in [2.75, 3.05) is 0 Å². The van der Waals surface area contributed by atoms with Crippen LogP contribution in [0.1, 0.15) is 24.3 Å². The van der Waals surface area contributed by atoms with Gasteiger partial charge in [-0.15, -0.1) is 11.6 Å². The lowest BCUT2D eigenvalue weighted by molar-refractivity contribution is 0.598. The van der Waals surface area contributed by atoms with Gasteiger partial charge in [0.05, 0.1) is 9.85 Å². The molecule has 1 aromatic rings. The molecule has 0 aliphatic carbocycles. The van der Waals surface area contributed by atoms with Crippen LogP contribution in [-0.2, 0) is 0 Å². The summed E-state index contributed by atoms with van der Waals surface area (Å²) in [6, 6.07) is 5.16. The molecule has 12 heavy (non-hydrogen) atoms. The summed E-state index contributed by atoms with van der Waals surface area (Å²) in [4.78, 5) is 0. The van der Waals surface area contributed by atoms with E-state index in [1.807, 2.05) is 6.92 Å². The molecule has 0 aliphatic rings. The highest BCUT2D eigenvalue weighted by molar-refractivity contribution is 9.10. The quantitative estimate of drug-likeness (QED) is 0.688. The van der Waals surface area contributed by atoms with Crippen LogP contribution in [0.5, 0.6) is 0 Å². The maximum atomic E-state index is 13.3. The molecule has 1 rings (SSSR count). The van der Waals surface area contributed by atoms with Crippen molar-refractivity contribution in [3.05, 3.63) is 34.1 Å². The highest BCUT2D eigenvalue weighted by Gasteiger charge is 2.12. The topological polar surface area (TPSA) is 0 Å². The first kappa shape index (κ1) is 10.0. The lowest BCUT2D eigenvalue weighted by atomic mass is 10.1. The minimum absolute atomic E-state index is 0.234. The Balaban J connectivity index is 3.07. The van der Waals surface area contributed by atoms with Gasteiger partial charge in [0.1, 0.15) is 5.82 Å². The van der Waals surface area contributed by atoms with E-state index in [0.29, 0.717) is 10.0 Å². The first-order valence-corrected chi connectivity index (χ1v) is 4.97. The summed E-state index contributed by atoms with van der Waals surface area (Å²) in [6.45, 7) is 1.93. The summed E-state index contributed by atoms with van der Waals surface area (Å²) in [5.74, 6) is -0.251. The van der Waals surface area contributed by atoms with Gasteiger partial charge in [-0.1, -0.05) is 19.1 Å². The maximum Gasteiger partial charge on any atom is 0.142 e. The molecule has 0 bridgehead atoms. The van der Waals surface area contributed by atoms with Crippen LogP contribution in [0.25, 0.3) is 0 Å². The van der Waals surface area contributed by atoms with E-state index in [-0.39, 0.29) is 11.2 Å². The van der Waals surface area contributed by atoms with Gasteiger partial charge in [-0.25, -0.2) is 4.39 Å². The first-order chi connectivity index (χ1) is 5.66. The van der Waals surface area contributed by atoms with Gasteiger partial charge in [-0.3, -0.25) is 0 Å². The second kappa shape index (κ2) is 4.24. The second-order valence-corrected chi connectivity index (χ2v) is 3.90. The lowest BCUT2D eigenvalue weighted by Gasteiger charge is -2.08. The smallest absolute Gasteiger partial charge is 0.142 e. The van der Waals surface area contributed by atoms with Crippen molar-refractivity contribution in [1.29, 1.82) is 0 Å². The van der Waals surface area contributed by atoms with Crippen LogP contribution in [0.4, 0.5) is 4.39 Å². The predicted octanol–water partition coefficient (Wildman–Crippen LogP) is 4.28. The molecule has 0 spiro atoms. The molecule has 0 amide bonds. The fourth-order valence-electron chi connectivity index (χ4n) is 0.982. The average molecular weight is 252 g/mol. The molecule has 1 aromatic carbocycles. The van der Waals surface area contributed by atoms with Crippen LogP contribution in [-0.4, -0.2) is 0 Å². The largest absolute Gasteiger partial charge is 0.205 e. The van der Waals surface area contributed by atoms with Crippen molar-refractivity contribution in [3.63, 3.8) is 0 Å². The van der Waals surface area contributed by atoms with Crippen molar-refractivity contribution in [1.82, 2.24) is 0 Å². The third-order valence-corrected chi connectivity index (χ3v) is 2.83. The van der Waals surface area contributed by atoms with Gasteiger partial charge < -0.3 is 0 Å². The summed E-state index contributed by atoms with van der Waals surface area (Å²) < 4.78 is 13.8. The zero-order valence-corrected chi connectivity index (χ0v) is 8.99. The molecule has 0 saturated heterocycles. The molecule has 1 unspecified atom stereocenters. The van der Waals surface area contributed by atoms with Gasteiger partial charge in [-0.2, -0.15) is 0 Å². The van der Waals surface area contributed by atoms with Crippen LogP contribution in [0.2, 0.25) is 0 Å². The Morgan fingerprint density at radius 2 is 2.25 bits per heavy atom. The Morgan fingerprint density at radius 3 is 2.83 bits per heavy atom. The third kappa shape index (κ3) is 1.99. The van der Waals surface area contributed by atoms with Crippen molar-refractivity contribution >= 4 is 27.5 Å². The van der Waals surface area contributed by atoms with Crippen LogP contribution in [0, 0.1) is 5.82 Å². The number of alkyl halides is 1. The zero-order valence-electron chi connectivity index (χ0n) is 6.65. The standard InChI is InChI=1S/C9H9BrClF/c1-2-8(11)6-4-3-5-7(10)9(6)12/h3-5,8H,2H2,1H3. The van der Waals surface area contributed by atoms with E-state index in [4.69, 9.17) is 11.6 Å². The molecule has 0 N–H and O–H groups in total. The second-order valence-electron chi connectivity index (χ2n) is 2.52. The van der Waals surface area contributed by atoms with Gasteiger partial charge in [0.15, 0.2) is 0 Å². The molecule has 0 nitrogen and oxygen atoms in total. The Hall–Kier alpha value is -0.0800. The number of rotatable bonds is 2. The van der Waals surface area contributed by atoms with E-state index in [9.17, 15) is 4.39 Å². The average Bonchev–Trinajstić information content (AvgIpc) is 2.08. The number of halogens is 3. The highest BCUT2D eigenvalue weighted by atomic mass is 79.9. The van der Waals surface area contributed by atoms with E-state index < -0.39 is 0 Å². The summed E-state index contributed by atoms with van der Waals surface area (Å²) >= 11 is 9.02. The van der Waals surface area contributed by atoms with Gasteiger partial charge in [-0.05, 0) is 28.4 Å². The third-order valence-electron chi connectivity index (χ3n) is 1.68. The van der Waals surface area contributed by atoms with Crippen molar-refractivity contribution in [2.45, 2.75) is 18.7 Å². The molecule has 0 heterocycles. The van der Waals surface area contributed by atoms with Crippen molar-refractivity contribution in [2.24, 2.45) is 0 Å². The molecule has 0 radical (unpaired) electrons. The first-order valence-electron chi connectivity index (χ1n) is 3.74. The number of hydrogen-bond acceptors (Lipinski definition) is 0. The van der Waals surface area contributed by atoms with Gasteiger partial charge in [0.2, 0.25) is 0 Å². The molecule has 66 valence electrons. The number of benzene rings is 1. The summed E-state index contributed by atoms with van der Waals surface area (Å²) in [5, 5.41) is -0.234.